The molecule has 1 aliphatic carbocycles. The van der Waals surface area contributed by atoms with Gasteiger partial charge in [-0.2, -0.15) is 0 Å². The van der Waals surface area contributed by atoms with Crippen LogP contribution in [0.25, 0.3) is 5.00 Å². The van der Waals surface area contributed by atoms with E-state index in [0.717, 1.165) is 41.1 Å². The Morgan fingerprint density at radius 2 is 1.96 bits per heavy atom. The Balaban J connectivity index is 1.45. The van der Waals surface area contributed by atoms with E-state index >= 15 is 0 Å². The van der Waals surface area contributed by atoms with Gasteiger partial charge in [-0.1, -0.05) is 12.8 Å². The lowest BCUT2D eigenvalue weighted by molar-refractivity contribution is -0.152. The van der Waals surface area contributed by atoms with Crippen molar-refractivity contribution in [2.45, 2.75) is 51.7 Å². The first kappa shape index (κ1) is 19.2. The van der Waals surface area contributed by atoms with Gasteiger partial charge in [-0.25, -0.2) is 4.79 Å². The van der Waals surface area contributed by atoms with Crippen LogP contribution in [0.15, 0.2) is 24.5 Å². The molecule has 2 aromatic rings. The molecule has 2 fully saturated rings. The standard InChI is InChI=1S/C21H26N2O4S/c1-14-15(2)28-20(22-9-5-6-10-22)19(14)21(25)27-13-18(24)23-11-12-26-17-8-4-3-7-16(17)23/h5-6,9-10,16-17H,3-4,7-8,11-13H2,1-2H3/t16-,17+/m0/s1. The van der Waals surface area contributed by atoms with Crippen LogP contribution in [-0.4, -0.2) is 53.2 Å². The van der Waals surface area contributed by atoms with Crippen LogP contribution in [-0.2, 0) is 14.3 Å². The summed E-state index contributed by atoms with van der Waals surface area (Å²) < 4.78 is 13.2. The van der Waals surface area contributed by atoms with E-state index in [1.807, 2.05) is 47.8 Å². The number of esters is 1. The minimum atomic E-state index is -0.438. The molecule has 1 aliphatic heterocycles. The van der Waals surface area contributed by atoms with Crippen LogP contribution < -0.4 is 0 Å². The fourth-order valence-corrected chi connectivity index (χ4v) is 5.30. The number of hydrogen-bond acceptors (Lipinski definition) is 5. The van der Waals surface area contributed by atoms with Gasteiger partial charge in [0.05, 0.1) is 24.3 Å². The Labute approximate surface area is 169 Å². The Morgan fingerprint density at radius 3 is 2.75 bits per heavy atom. The molecular weight excluding hydrogens is 376 g/mol. The van der Waals surface area contributed by atoms with E-state index in [1.165, 1.54) is 0 Å². The van der Waals surface area contributed by atoms with Gasteiger partial charge in [-0.05, 0) is 44.4 Å². The lowest BCUT2D eigenvalue weighted by Crippen LogP contribution is -2.55. The summed E-state index contributed by atoms with van der Waals surface area (Å²) in [4.78, 5) is 28.6. The van der Waals surface area contributed by atoms with Gasteiger partial charge in [0.1, 0.15) is 5.00 Å². The van der Waals surface area contributed by atoms with Gasteiger partial charge in [0.15, 0.2) is 6.61 Å². The molecule has 3 heterocycles. The topological polar surface area (TPSA) is 60.8 Å². The molecule has 0 radical (unpaired) electrons. The summed E-state index contributed by atoms with van der Waals surface area (Å²) >= 11 is 1.55. The lowest BCUT2D eigenvalue weighted by Gasteiger charge is -2.43. The smallest absolute Gasteiger partial charge is 0.341 e. The van der Waals surface area contributed by atoms with Gasteiger partial charge in [0, 0.05) is 23.8 Å². The maximum Gasteiger partial charge on any atom is 0.341 e. The molecule has 2 atom stereocenters. The molecule has 6 nitrogen and oxygen atoms in total. The lowest BCUT2D eigenvalue weighted by atomic mass is 9.90. The molecule has 0 unspecified atom stereocenters. The summed E-state index contributed by atoms with van der Waals surface area (Å²) in [5, 5.41) is 0.830. The molecule has 1 saturated heterocycles. The SMILES string of the molecule is Cc1sc(-n2cccc2)c(C(=O)OCC(=O)N2CCO[C@@H]3CCCC[C@@H]32)c1C. The third-order valence-electron chi connectivity index (χ3n) is 5.79. The highest BCUT2D eigenvalue weighted by molar-refractivity contribution is 7.15. The molecular formula is C21H26N2O4S. The zero-order valence-corrected chi connectivity index (χ0v) is 17.2. The first-order valence-corrected chi connectivity index (χ1v) is 10.7. The van der Waals surface area contributed by atoms with Crippen molar-refractivity contribution in [3.63, 3.8) is 0 Å². The summed E-state index contributed by atoms with van der Waals surface area (Å²) in [5.74, 6) is -0.562. The molecule has 7 heteroatoms. The van der Waals surface area contributed by atoms with Crippen molar-refractivity contribution in [3.8, 4) is 5.00 Å². The number of amides is 1. The second-order valence-electron chi connectivity index (χ2n) is 7.48. The van der Waals surface area contributed by atoms with Crippen molar-refractivity contribution in [2.24, 2.45) is 0 Å². The van der Waals surface area contributed by atoms with Crippen molar-refractivity contribution in [1.82, 2.24) is 9.47 Å². The largest absolute Gasteiger partial charge is 0.452 e. The molecule has 0 N–H and O–H groups in total. The van der Waals surface area contributed by atoms with Crippen molar-refractivity contribution in [3.05, 3.63) is 40.5 Å². The van der Waals surface area contributed by atoms with Crippen LogP contribution >= 0.6 is 11.3 Å². The number of nitrogens with zero attached hydrogens (tertiary/aromatic N) is 2. The van der Waals surface area contributed by atoms with E-state index in [-0.39, 0.29) is 24.7 Å². The second-order valence-corrected chi connectivity index (χ2v) is 8.68. The highest BCUT2D eigenvalue weighted by Gasteiger charge is 2.37. The van der Waals surface area contributed by atoms with Gasteiger partial charge in [-0.15, -0.1) is 11.3 Å². The summed E-state index contributed by atoms with van der Waals surface area (Å²) in [6.07, 6.45) is 8.17. The third kappa shape index (κ3) is 3.61. The van der Waals surface area contributed by atoms with Crippen molar-refractivity contribution < 1.29 is 19.1 Å². The zero-order chi connectivity index (χ0) is 19.7. The number of fused-ring (bicyclic) bond motifs is 1. The summed E-state index contributed by atoms with van der Waals surface area (Å²) in [5.41, 5.74) is 1.45. The van der Waals surface area contributed by atoms with Crippen LogP contribution in [0, 0.1) is 13.8 Å². The number of thiophene rings is 1. The average molecular weight is 403 g/mol. The van der Waals surface area contributed by atoms with E-state index in [4.69, 9.17) is 9.47 Å². The third-order valence-corrected chi connectivity index (χ3v) is 7.01. The van der Waals surface area contributed by atoms with Gasteiger partial charge in [0.2, 0.25) is 0 Å². The molecule has 4 rings (SSSR count). The number of aromatic nitrogens is 1. The maximum absolute atomic E-state index is 12.8. The molecule has 0 bridgehead atoms. The van der Waals surface area contributed by atoms with Gasteiger partial charge in [-0.3, -0.25) is 4.79 Å². The second kappa shape index (κ2) is 8.09. The van der Waals surface area contributed by atoms with Crippen LogP contribution in [0.3, 0.4) is 0 Å². The summed E-state index contributed by atoms with van der Waals surface area (Å²) in [7, 11) is 0. The van der Waals surface area contributed by atoms with E-state index in [0.29, 0.717) is 18.7 Å². The Hall–Kier alpha value is -2.12. The quantitative estimate of drug-likeness (QED) is 0.735. The van der Waals surface area contributed by atoms with Crippen molar-refractivity contribution in [1.29, 1.82) is 0 Å². The van der Waals surface area contributed by atoms with Crippen LogP contribution in [0.5, 0.6) is 0 Å². The molecule has 28 heavy (non-hydrogen) atoms. The number of rotatable bonds is 4. The van der Waals surface area contributed by atoms with E-state index in [1.54, 1.807) is 11.3 Å². The molecule has 2 aliphatic rings. The number of carbonyl (C=O) groups excluding carboxylic acids is 2. The average Bonchev–Trinajstić information content (AvgIpc) is 3.34. The van der Waals surface area contributed by atoms with Crippen molar-refractivity contribution in [2.75, 3.05) is 19.8 Å². The first-order valence-electron chi connectivity index (χ1n) is 9.88. The summed E-state index contributed by atoms with van der Waals surface area (Å²) in [6.45, 7) is 4.82. The Morgan fingerprint density at radius 1 is 1.21 bits per heavy atom. The van der Waals surface area contributed by atoms with E-state index in [9.17, 15) is 9.59 Å². The molecule has 1 amide bonds. The molecule has 0 spiro atoms. The number of carbonyl (C=O) groups is 2. The molecule has 150 valence electrons. The van der Waals surface area contributed by atoms with E-state index < -0.39 is 5.97 Å². The molecule has 2 aromatic heterocycles. The number of hydrogen-bond donors (Lipinski definition) is 0. The van der Waals surface area contributed by atoms with Gasteiger partial charge < -0.3 is 18.9 Å². The van der Waals surface area contributed by atoms with Crippen LogP contribution in [0.2, 0.25) is 0 Å². The Kier molecular flexibility index (Phi) is 5.55. The van der Waals surface area contributed by atoms with Gasteiger partial charge >= 0.3 is 5.97 Å². The van der Waals surface area contributed by atoms with Crippen LogP contribution in [0.1, 0.15) is 46.5 Å². The minimum Gasteiger partial charge on any atom is -0.452 e. The fourth-order valence-electron chi connectivity index (χ4n) is 4.19. The van der Waals surface area contributed by atoms with E-state index in [2.05, 4.69) is 0 Å². The van der Waals surface area contributed by atoms with Crippen LogP contribution in [0.4, 0.5) is 0 Å². The summed E-state index contributed by atoms with van der Waals surface area (Å²) in [6, 6.07) is 3.96. The van der Waals surface area contributed by atoms with Gasteiger partial charge in [0.25, 0.3) is 5.91 Å². The fraction of sp³-hybridized carbons (Fsp3) is 0.524. The highest BCUT2D eigenvalue weighted by atomic mass is 32.1. The first-order chi connectivity index (χ1) is 13.6. The number of morpholine rings is 1. The zero-order valence-electron chi connectivity index (χ0n) is 16.3. The van der Waals surface area contributed by atoms with Crippen molar-refractivity contribution >= 4 is 23.2 Å². The predicted molar refractivity (Wildman–Crippen MR) is 107 cm³/mol. The monoisotopic (exact) mass is 402 g/mol. The minimum absolute atomic E-state index is 0.120. The number of ether oxygens (including phenoxy) is 2. The maximum atomic E-state index is 12.8. The normalized spacial score (nSPS) is 22.0. The molecule has 0 aromatic carbocycles. The highest BCUT2D eigenvalue weighted by Crippen LogP contribution is 2.32. The molecule has 1 saturated carbocycles. The Bertz CT molecular complexity index is 856. The number of aryl methyl sites for hydroxylation is 1. The predicted octanol–water partition coefficient (Wildman–Crippen LogP) is 3.48.